The summed E-state index contributed by atoms with van der Waals surface area (Å²) in [6.07, 6.45) is 2.11. The third-order valence-corrected chi connectivity index (χ3v) is 4.41. The van der Waals surface area contributed by atoms with E-state index in [2.05, 4.69) is 5.32 Å². The molecule has 0 bridgehead atoms. The van der Waals surface area contributed by atoms with Crippen LogP contribution >= 0.6 is 0 Å². The molecule has 2 amide bonds. The van der Waals surface area contributed by atoms with Crippen molar-refractivity contribution in [2.45, 2.75) is 51.7 Å². The Morgan fingerprint density at radius 2 is 1.84 bits per heavy atom. The summed E-state index contributed by atoms with van der Waals surface area (Å²) in [5, 5.41) is 2.68. The molecular formula is C12H22N2O4S. The summed E-state index contributed by atoms with van der Waals surface area (Å²) in [6, 6.07) is -1.61. The largest absolute Gasteiger partial charge is 0.343 e. The smallest absolute Gasteiger partial charge is 0.246 e. The first-order chi connectivity index (χ1) is 8.71. The van der Waals surface area contributed by atoms with Crippen LogP contribution in [0.5, 0.6) is 0 Å². The number of hydrogen-bond donors (Lipinski definition) is 1. The van der Waals surface area contributed by atoms with Gasteiger partial charge in [-0.05, 0) is 19.8 Å². The monoisotopic (exact) mass is 290 g/mol. The predicted molar refractivity (Wildman–Crippen MR) is 72.3 cm³/mol. The molecule has 1 saturated heterocycles. The Bertz CT molecular complexity index is 460. The van der Waals surface area contributed by atoms with Gasteiger partial charge in [0, 0.05) is 12.3 Å². The quantitative estimate of drug-likeness (QED) is 0.768. The molecule has 110 valence electrons. The summed E-state index contributed by atoms with van der Waals surface area (Å²) >= 11 is 0. The topological polar surface area (TPSA) is 83.6 Å². The minimum absolute atomic E-state index is 0.126. The lowest BCUT2D eigenvalue weighted by Crippen LogP contribution is -2.65. The van der Waals surface area contributed by atoms with Gasteiger partial charge >= 0.3 is 0 Å². The van der Waals surface area contributed by atoms with Crippen LogP contribution in [0.25, 0.3) is 0 Å². The molecule has 1 rings (SSSR count). The lowest BCUT2D eigenvalue weighted by molar-refractivity contribution is -0.151. The molecule has 0 radical (unpaired) electrons. The van der Waals surface area contributed by atoms with E-state index in [9.17, 15) is 18.0 Å². The van der Waals surface area contributed by atoms with E-state index >= 15 is 0 Å². The molecular weight excluding hydrogens is 268 g/mol. The van der Waals surface area contributed by atoms with Crippen molar-refractivity contribution >= 4 is 21.7 Å². The predicted octanol–water partition coefficient (Wildman–Crippen LogP) is -0.0649. The summed E-state index contributed by atoms with van der Waals surface area (Å²) in [7, 11) is -3.20. The van der Waals surface area contributed by atoms with Crippen molar-refractivity contribution in [2.24, 2.45) is 0 Å². The van der Waals surface area contributed by atoms with Crippen LogP contribution in [-0.4, -0.2) is 55.3 Å². The number of rotatable bonds is 5. The van der Waals surface area contributed by atoms with E-state index in [4.69, 9.17) is 0 Å². The van der Waals surface area contributed by atoms with Gasteiger partial charge in [-0.3, -0.25) is 9.59 Å². The molecule has 7 heteroatoms. The highest BCUT2D eigenvalue weighted by Crippen LogP contribution is 2.18. The average molecular weight is 290 g/mol. The lowest BCUT2D eigenvalue weighted by Gasteiger charge is -2.41. The Hall–Kier alpha value is -1.11. The number of carbonyl (C=O) groups excluding carboxylic acids is 2. The standard InChI is InChI=1S/C12H22N2O4S/c1-5-9-12(16)14(8(3)7-19(4,17)18)10(6-2)11(15)13-9/h8-10H,5-7H2,1-4H3,(H,13,15). The number of amides is 2. The fourth-order valence-corrected chi connectivity index (χ4v) is 3.53. The van der Waals surface area contributed by atoms with Crippen LogP contribution in [0.1, 0.15) is 33.6 Å². The van der Waals surface area contributed by atoms with Crippen molar-refractivity contribution in [1.29, 1.82) is 0 Å². The minimum Gasteiger partial charge on any atom is -0.343 e. The van der Waals surface area contributed by atoms with Crippen molar-refractivity contribution in [3.8, 4) is 0 Å². The van der Waals surface area contributed by atoms with Gasteiger partial charge < -0.3 is 10.2 Å². The maximum atomic E-state index is 12.3. The first-order valence-electron chi connectivity index (χ1n) is 6.51. The minimum atomic E-state index is -3.20. The van der Waals surface area contributed by atoms with E-state index in [-0.39, 0.29) is 17.6 Å². The van der Waals surface area contributed by atoms with E-state index in [1.165, 1.54) is 4.90 Å². The molecule has 3 unspecified atom stereocenters. The van der Waals surface area contributed by atoms with Crippen molar-refractivity contribution in [2.75, 3.05) is 12.0 Å². The van der Waals surface area contributed by atoms with Gasteiger partial charge in [-0.1, -0.05) is 13.8 Å². The summed E-state index contributed by atoms with van der Waals surface area (Å²) in [5.74, 6) is -0.515. The molecule has 1 aliphatic rings. The molecule has 1 fully saturated rings. The Morgan fingerprint density at radius 3 is 2.26 bits per heavy atom. The van der Waals surface area contributed by atoms with Gasteiger partial charge in [0.05, 0.1) is 5.75 Å². The molecule has 0 aromatic rings. The number of sulfone groups is 1. The van der Waals surface area contributed by atoms with Crippen molar-refractivity contribution in [3.05, 3.63) is 0 Å². The Morgan fingerprint density at radius 1 is 1.26 bits per heavy atom. The molecule has 0 spiro atoms. The molecule has 0 aromatic heterocycles. The highest BCUT2D eigenvalue weighted by molar-refractivity contribution is 7.90. The Balaban J connectivity index is 3.02. The van der Waals surface area contributed by atoms with E-state index < -0.39 is 28.0 Å². The van der Waals surface area contributed by atoms with E-state index in [0.717, 1.165) is 6.26 Å². The highest BCUT2D eigenvalue weighted by atomic mass is 32.2. The van der Waals surface area contributed by atoms with Crippen LogP contribution in [0.3, 0.4) is 0 Å². The van der Waals surface area contributed by atoms with Gasteiger partial charge in [0.2, 0.25) is 11.8 Å². The molecule has 1 heterocycles. The number of hydrogen-bond acceptors (Lipinski definition) is 4. The van der Waals surface area contributed by atoms with E-state index in [0.29, 0.717) is 12.8 Å². The molecule has 0 saturated carbocycles. The second-order valence-corrected chi connectivity index (χ2v) is 7.27. The summed E-state index contributed by atoms with van der Waals surface area (Å²) in [5.41, 5.74) is 0. The molecule has 1 N–H and O–H groups in total. The molecule has 0 aliphatic carbocycles. The van der Waals surface area contributed by atoms with Crippen LogP contribution in [0.2, 0.25) is 0 Å². The van der Waals surface area contributed by atoms with E-state index in [1.807, 2.05) is 13.8 Å². The molecule has 19 heavy (non-hydrogen) atoms. The van der Waals surface area contributed by atoms with Gasteiger partial charge in [0.15, 0.2) is 0 Å². The lowest BCUT2D eigenvalue weighted by atomic mass is 10.0. The third-order valence-electron chi connectivity index (χ3n) is 3.32. The molecule has 6 nitrogen and oxygen atoms in total. The van der Waals surface area contributed by atoms with Crippen LogP contribution < -0.4 is 5.32 Å². The average Bonchev–Trinajstić information content (AvgIpc) is 2.28. The number of nitrogens with one attached hydrogen (secondary N) is 1. The second kappa shape index (κ2) is 5.90. The summed E-state index contributed by atoms with van der Waals surface area (Å²) in [6.45, 7) is 5.30. The van der Waals surface area contributed by atoms with Crippen molar-refractivity contribution in [3.63, 3.8) is 0 Å². The number of carbonyl (C=O) groups is 2. The normalized spacial score (nSPS) is 26.2. The second-order valence-electron chi connectivity index (χ2n) is 5.08. The third kappa shape index (κ3) is 3.68. The number of nitrogens with zero attached hydrogens (tertiary/aromatic N) is 1. The highest BCUT2D eigenvalue weighted by Gasteiger charge is 2.41. The first-order valence-corrected chi connectivity index (χ1v) is 8.57. The van der Waals surface area contributed by atoms with Gasteiger partial charge in [-0.25, -0.2) is 8.42 Å². The van der Waals surface area contributed by atoms with Gasteiger partial charge in [0.25, 0.3) is 0 Å². The van der Waals surface area contributed by atoms with Gasteiger partial charge in [-0.2, -0.15) is 0 Å². The first kappa shape index (κ1) is 15.9. The van der Waals surface area contributed by atoms with Crippen LogP contribution in [0, 0.1) is 0 Å². The Kier molecular flexibility index (Phi) is 4.95. The van der Waals surface area contributed by atoms with Gasteiger partial charge in [-0.15, -0.1) is 0 Å². The van der Waals surface area contributed by atoms with Crippen LogP contribution in [0.15, 0.2) is 0 Å². The zero-order valence-corrected chi connectivity index (χ0v) is 12.7. The summed E-state index contributed by atoms with van der Waals surface area (Å²) in [4.78, 5) is 25.7. The zero-order valence-electron chi connectivity index (χ0n) is 11.8. The summed E-state index contributed by atoms with van der Waals surface area (Å²) < 4.78 is 22.8. The van der Waals surface area contributed by atoms with Crippen LogP contribution in [0.4, 0.5) is 0 Å². The SMILES string of the molecule is CCC1NC(=O)C(CC)N(C(C)CS(C)(=O)=O)C1=O. The van der Waals surface area contributed by atoms with Crippen molar-refractivity contribution in [1.82, 2.24) is 10.2 Å². The Labute approximate surface area is 114 Å². The zero-order chi connectivity index (χ0) is 14.8. The number of piperazine rings is 1. The molecule has 3 atom stereocenters. The van der Waals surface area contributed by atoms with E-state index in [1.54, 1.807) is 6.92 Å². The van der Waals surface area contributed by atoms with Crippen LogP contribution in [-0.2, 0) is 19.4 Å². The van der Waals surface area contributed by atoms with Gasteiger partial charge in [0.1, 0.15) is 21.9 Å². The fourth-order valence-electron chi connectivity index (χ4n) is 2.49. The fraction of sp³-hybridized carbons (Fsp3) is 0.833. The molecule has 0 aromatic carbocycles. The maximum Gasteiger partial charge on any atom is 0.246 e. The van der Waals surface area contributed by atoms with Crippen molar-refractivity contribution < 1.29 is 18.0 Å². The maximum absolute atomic E-state index is 12.3. The molecule has 1 aliphatic heterocycles.